The van der Waals surface area contributed by atoms with Gasteiger partial charge in [0.25, 0.3) is 0 Å². The van der Waals surface area contributed by atoms with Gasteiger partial charge in [0.1, 0.15) is 18.3 Å². The Morgan fingerprint density at radius 2 is 1.74 bits per heavy atom. The number of ether oxygens (including phenoxy) is 6. The molecule has 0 radical (unpaired) electrons. The summed E-state index contributed by atoms with van der Waals surface area (Å²) in [5.74, 6) is -4.92. The van der Waals surface area contributed by atoms with Crippen molar-refractivity contribution in [2.75, 3.05) is 14.1 Å². The van der Waals surface area contributed by atoms with Crippen molar-refractivity contribution >= 4 is 18.1 Å². The summed E-state index contributed by atoms with van der Waals surface area (Å²) in [6.07, 6.45) is -4.84. The Labute approximate surface area is 320 Å². The molecule has 0 aliphatic carbocycles. The summed E-state index contributed by atoms with van der Waals surface area (Å²) >= 11 is 0. The van der Waals surface area contributed by atoms with Crippen molar-refractivity contribution < 1.29 is 53.0 Å². The molecule has 16 atom stereocenters. The summed E-state index contributed by atoms with van der Waals surface area (Å²) in [5.41, 5.74) is 4.53. The molecule has 1 aromatic carbocycles. The van der Waals surface area contributed by atoms with Crippen molar-refractivity contribution in [2.24, 2.45) is 29.4 Å². The second-order valence-electron chi connectivity index (χ2n) is 16.5. The minimum atomic E-state index is -1.69. The summed E-state index contributed by atoms with van der Waals surface area (Å²) in [6, 6.07) is 8.21. The van der Waals surface area contributed by atoms with Crippen molar-refractivity contribution in [3.05, 3.63) is 48.6 Å². The zero-order chi connectivity index (χ0) is 40.3. The lowest BCUT2D eigenvalue weighted by Crippen LogP contribution is -2.60. The zero-order valence-electron chi connectivity index (χ0n) is 33.7. The lowest BCUT2D eigenvalue weighted by molar-refractivity contribution is -0.299. The number of likely N-dealkylation sites (N-methyl/N-ethyl adjacent to an activating group) is 1. The first-order valence-electron chi connectivity index (χ1n) is 19.4. The predicted octanol–water partition coefficient (Wildman–Crippen LogP) is 4.71. The highest BCUT2D eigenvalue weighted by Crippen LogP contribution is 2.43. The molecule has 3 aliphatic rings. The molecule has 304 valence electrons. The topological polar surface area (TPSA) is 176 Å². The second kappa shape index (κ2) is 17.8. The van der Waals surface area contributed by atoms with Crippen molar-refractivity contribution in [1.29, 1.82) is 0 Å². The quantitative estimate of drug-likeness (QED) is 0.179. The molecule has 13 nitrogen and oxygen atoms in total. The molecule has 2 unspecified atom stereocenters. The third kappa shape index (κ3) is 9.30. The maximum absolute atomic E-state index is 14.3. The van der Waals surface area contributed by atoms with Gasteiger partial charge >= 0.3 is 18.1 Å². The van der Waals surface area contributed by atoms with E-state index >= 15 is 0 Å². The van der Waals surface area contributed by atoms with E-state index in [4.69, 9.17) is 34.2 Å². The van der Waals surface area contributed by atoms with E-state index in [9.17, 15) is 24.6 Å². The first-order chi connectivity index (χ1) is 25.3. The number of cyclic esters (lactones) is 1. The lowest BCUT2D eigenvalue weighted by Gasteiger charge is -2.48. The first kappa shape index (κ1) is 43.7. The van der Waals surface area contributed by atoms with Crippen molar-refractivity contribution in [3.63, 3.8) is 0 Å². The fourth-order valence-electron chi connectivity index (χ4n) is 8.88. The standard InChI is InChI=1S/C41H64N2O11/c1-12-17-28(27-18-15-14-16-19-27)37(46)51-33-25(6)34(52-38-32(44)29(43(10)11)20-23(4)49-38)40(8,48)21-22(3)31(42)24(5)35-41(9,54-39(47)53-35)30(13-2)50-36(45)26(33)7/h12,14-16,18-19,22-26,28-35,38,44,48H,1,13,17,20-21,42H2,2-11H3/t22-,23-,24-,25+,26-,28?,29+,30?,31+,32-,33+,34-,35-,38+,40+,41-/m1/s1. The number of aliphatic hydroxyl groups excluding tert-OH is 1. The molecule has 3 aliphatic heterocycles. The van der Waals surface area contributed by atoms with Crippen LogP contribution >= 0.6 is 0 Å². The molecule has 3 fully saturated rings. The number of esters is 2. The zero-order valence-corrected chi connectivity index (χ0v) is 33.7. The molecule has 4 rings (SSSR count). The molecule has 1 aromatic rings. The van der Waals surface area contributed by atoms with Gasteiger partial charge in [0.2, 0.25) is 0 Å². The molecule has 0 amide bonds. The Kier molecular flexibility index (Phi) is 14.4. The van der Waals surface area contributed by atoms with Gasteiger partial charge in [0.15, 0.2) is 18.0 Å². The third-order valence-electron chi connectivity index (χ3n) is 12.0. The Balaban J connectivity index is 1.85. The number of hydrogen-bond donors (Lipinski definition) is 3. The van der Waals surface area contributed by atoms with Gasteiger partial charge in [-0.15, -0.1) is 6.58 Å². The lowest BCUT2D eigenvalue weighted by atomic mass is 9.72. The molecule has 13 heteroatoms. The van der Waals surface area contributed by atoms with Crippen LogP contribution in [0.2, 0.25) is 0 Å². The van der Waals surface area contributed by atoms with E-state index in [0.29, 0.717) is 12.0 Å². The SMILES string of the molecule is C=CCC(C(=O)O[C@H]1[C@H](C)[C@@H](O[C@@H]2O[C@H](C)C[C@H](N(C)C)[C@H]2O)[C@@](C)(O)C[C@@H](C)[C@H](N)[C@@H](C)[C@H]2OC(=O)O[C@]2(C)C(CC)OC(=O)[C@@H]1C)c1ccccc1. The van der Waals surface area contributed by atoms with Gasteiger partial charge in [-0.1, -0.05) is 64.1 Å². The van der Waals surface area contributed by atoms with Gasteiger partial charge in [0, 0.05) is 23.9 Å². The highest BCUT2D eigenvalue weighted by atomic mass is 16.8. The van der Waals surface area contributed by atoms with Crippen LogP contribution in [0, 0.1) is 23.7 Å². The van der Waals surface area contributed by atoms with Gasteiger partial charge in [0.05, 0.1) is 29.6 Å². The number of carbonyl (C=O) groups excluding carboxylic acids is 3. The minimum Gasteiger partial charge on any atom is -0.461 e. The highest BCUT2D eigenvalue weighted by molar-refractivity contribution is 5.80. The molecule has 0 aromatic heterocycles. The van der Waals surface area contributed by atoms with Gasteiger partial charge in [-0.2, -0.15) is 0 Å². The molecule has 0 spiro atoms. The number of hydrogen-bond acceptors (Lipinski definition) is 13. The number of aliphatic hydroxyl groups is 2. The molecular weight excluding hydrogens is 696 g/mol. The first-order valence-corrected chi connectivity index (χ1v) is 19.4. The number of carbonyl (C=O) groups is 3. The van der Waals surface area contributed by atoms with Crippen molar-refractivity contribution in [2.45, 2.75) is 153 Å². The molecule has 0 bridgehead atoms. The van der Waals surface area contributed by atoms with Crippen LogP contribution in [0.1, 0.15) is 92.6 Å². The Bertz CT molecular complexity index is 1440. The van der Waals surface area contributed by atoms with Crippen LogP contribution in [0.15, 0.2) is 43.0 Å². The van der Waals surface area contributed by atoms with E-state index in [1.54, 1.807) is 33.8 Å². The Hall–Kier alpha value is -3.07. The monoisotopic (exact) mass is 760 g/mol. The maximum Gasteiger partial charge on any atom is 0.509 e. The number of rotatable bonds is 9. The van der Waals surface area contributed by atoms with E-state index in [0.717, 1.165) is 0 Å². The number of nitrogens with two attached hydrogens (primary N) is 1. The van der Waals surface area contributed by atoms with Crippen LogP contribution in [-0.2, 0) is 38.0 Å². The number of nitrogens with zero attached hydrogens (tertiary/aromatic N) is 1. The van der Waals surface area contributed by atoms with Gasteiger partial charge < -0.3 is 49.3 Å². The van der Waals surface area contributed by atoms with Crippen LogP contribution in [0.5, 0.6) is 0 Å². The van der Waals surface area contributed by atoms with Crippen LogP contribution in [0.3, 0.4) is 0 Å². The van der Waals surface area contributed by atoms with E-state index in [-0.39, 0.29) is 37.3 Å². The molecule has 4 N–H and O–H groups in total. The largest absolute Gasteiger partial charge is 0.509 e. The van der Waals surface area contributed by atoms with Gasteiger partial charge in [-0.25, -0.2) is 4.79 Å². The summed E-state index contributed by atoms with van der Waals surface area (Å²) in [4.78, 5) is 43.2. The van der Waals surface area contributed by atoms with E-state index in [1.807, 2.05) is 77.0 Å². The van der Waals surface area contributed by atoms with Gasteiger partial charge in [-0.3, -0.25) is 9.59 Å². The summed E-state index contributed by atoms with van der Waals surface area (Å²) < 4.78 is 36.9. The highest BCUT2D eigenvalue weighted by Gasteiger charge is 2.59. The Morgan fingerprint density at radius 3 is 2.33 bits per heavy atom. The van der Waals surface area contributed by atoms with E-state index in [2.05, 4.69) is 6.58 Å². The summed E-state index contributed by atoms with van der Waals surface area (Å²) in [7, 11) is 3.73. The third-order valence-corrected chi connectivity index (χ3v) is 12.0. The average molecular weight is 761 g/mol. The number of allylic oxidation sites excluding steroid dienone is 1. The molecular formula is C41H64N2O11. The molecule has 3 heterocycles. The second-order valence-corrected chi connectivity index (χ2v) is 16.5. The predicted molar refractivity (Wildman–Crippen MR) is 201 cm³/mol. The van der Waals surface area contributed by atoms with Crippen LogP contribution < -0.4 is 5.73 Å². The smallest absolute Gasteiger partial charge is 0.461 e. The van der Waals surface area contributed by atoms with Crippen LogP contribution in [0.4, 0.5) is 4.79 Å². The van der Waals surface area contributed by atoms with Gasteiger partial charge in [-0.05, 0) is 79.0 Å². The van der Waals surface area contributed by atoms with Crippen molar-refractivity contribution in [1.82, 2.24) is 4.90 Å². The summed E-state index contributed by atoms with van der Waals surface area (Å²) in [6.45, 7) is 17.9. The molecule has 0 saturated carbocycles. The average Bonchev–Trinajstić information content (AvgIpc) is 3.43. The minimum absolute atomic E-state index is 0.0844. The fourth-order valence-corrected chi connectivity index (χ4v) is 8.88. The Morgan fingerprint density at radius 1 is 1.09 bits per heavy atom. The number of benzene rings is 1. The fraction of sp³-hybridized carbons (Fsp3) is 0.732. The van der Waals surface area contributed by atoms with E-state index in [1.165, 1.54) is 0 Å². The summed E-state index contributed by atoms with van der Waals surface area (Å²) in [5, 5.41) is 24.1. The van der Waals surface area contributed by atoms with Crippen LogP contribution in [0.25, 0.3) is 0 Å². The normalized spacial score (nSPS) is 41.4. The molecule has 3 saturated heterocycles. The molecule has 54 heavy (non-hydrogen) atoms. The maximum atomic E-state index is 14.3. The van der Waals surface area contributed by atoms with Crippen LogP contribution in [-0.4, -0.2) is 114 Å². The van der Waals surface area contributed by atoms with E-state index < -0.39 is 95.8 Å². The number of fused-ring (bicyclic) bond motifs is 1. The van der Waals surface area contributed by atoms with Crippen molar-refractivity contribution in [3.8, 4) is 0 Å².